The van der Waals surface area contributed by atoms with E-state index in [1.54, 1.807) is 10.8 Å². The van der Waals surface area contributed by atoms with Crippen LogP contribution >= 0.6 is 0 Å². The molecule has 1 aromatic rings. The van der Waals surface area contributed by atoms with Crippen molar-refractivity contribution in [2.24, 2.45) is 5.92 Å². The van der Waals surface area contributed by atoms with Crippen LogP contribution in [-0.4, -0.2) is 9.52 Å². The molecule has 2 aliphatic rings. The van der Waals surface area contributed by atoms with Gasteiger partial charge in [0.05, 0.1) is 9.52 Å². The van der Waals surface area contributed by atoms with Crippen molar-refractivity contribution in [3.63, 3.8) is 0 Å². The van der Waals surface area contributed by atoms with Gasteiger partial charge in [0.2, 0.25) is 0 Å². The fourth-order valence-electron chi connectivity index (χ4n) is 3.27. The van der Waals surface area contributed by atoms with Gasteiger partial charge in [0, 0.05) is 11.0 Å². The maximum Gasteiger partial charge on any atom is 0.0717 e. The first-order valence-electron chi connectivity index (χ1n) is 6.98. The summed E-state index contributed by atoms with van der Waals surface area (Å²) in [5.41, 5.74) is 3.03. The summed E-state index contributed by atoms with van der Waals surface area (Å²) < 4.78 is 0. The maximum absolute atomic E-state index is 2.47. The topological polar surface area (TPSA) is 0 Å². The minimum atomic E-state index is -0.398. The van der Waals surface area contributed by atoms with Crippen molar-refractivity contribution in [1.82, 2.24) is 0 Å². The summed E-state index contributed by atoms with van der Waals surface area (Å²) in [4.78, 5) is 0. The number of hydrogen-bond acceptors (Lipinski definition) is 0. The standard InChI is InChI=1S/C18H20Si/c1-14-12-13-18(15(14)2,16-8-6-7-9-16)19-17-10-4-3-5-11-17/h3-13,16H,19H2,1-2H3. The van der Waals surface area contributed by atoms with Gasteiger partial charge in [-0.2, -0.15) is 0 Å². The maximum atomic E-state index is 2.47. The average molecular weight is 264 g/mol. The van der Waals surface area contributed by atoms with Crippen molar-refractivity contribution >= 4 is 14.7 Å². The lowest BCUT2D eigenvalue weighted by molar-refractivity contribution is 0.671. The molecule has 2 aliphatic carbocycles. The van der Waals surface area contributed by atoms with Gasteiger partial charge in [-0.15, -0.1) is 0 Å². The van der Waals surface area contributed by atoms with Crippen molar-refractivity contribution in [2.75, 3.05) is 0 Å². The van der Waals surface area contributed by atoms with E-state index in [1.807, 2.05) is 0 Å². The molecule has 0 amide bonds. The molecule has 1 heteroatoms. The predicted molar refractivity (Wildman–Crippen MR) is 86.6 cm³/mol. The molecule has 0 fully saturated rings. The molecular weight excluding hydrogens is 244 g/mol. The van der Waals surface area contributed by atoms with Crippen molar-refractivity contribution in [1.29, 1.82) is 0 Å². The van der Waals surface area contributed by atoms with Crippen LogP contribution in [0.1, 0.15) is 13.8 Å². The van der Waals surface area contributed by atoms with Crippen LogP contribution in [0.3, 0.4) is 0 Å². The molecule has 1 unspecified atom stereocenters. The van der Waals surface area contributed by atoms with Crippen LogP contribution in [0.25, 0.3) is 0 Å². The predicted octanol–water partition coefficient (Wildman–Crippen LogP) is 3.29. The van der Waals surface area contributed by atoms with Crippen LogP contribution in [0, 0.1) is 5.92 Å². The smallest absolute Gasteiger partial charge is 0.0717 e. The van der Waals surface area contributed by atoms with Crippen LogP contribution < -0.4 is 5.19 Å². The molecular formula is C18H20Si. The molecule has 0 nitrogen and oxygen atoms in total. The van der Waals surface area contributed by atoms with Crippen molar-refractivity contribution < 1.29 is 0 Å². The van der Waals surface area contributed by atoms with Gasteiger partial charge in [0.15, 0.2) is 0 Å². The highest BCUT2D eigenvalue weighted by Crippen LogP contribution is 2.51. The quantitative estimate of drug-likeness (QED) is 0.735. The minimum Gasteiger partial charge on any atom is -0.0767 e. The first kappa shape index (κ1) is 12.4. The Bertz CT molecular complexity index is 577. The molecule has 0 bridgehead atoms. The van der Waals surface area contributed by atoms with E-state index < -0.39 is 9.52 Å². The zero-order valence-corrected chi connectivity index (χ0v) is 13.0. The lowest BCUT2D eigenvalue weighted by Gasteiger charge is -2.34. The molecule has 0 aromatic heterocycles. The minimum absolute atomic E-state index is 0.273. The summed E-state index contributed by atoms with van der Waals surface area (Å²) in [7, 11) is -0.398. The van der Waals surface area contributed by atoms with E-state index in [0.717, 1.165) is 0 Å². The van der Waals surface area contributed by atoms with Crippen molar-refractivity contribution in [3.05, 3.63) is 77.9 Å². The normalized spacial score (nSPS) is 26.4. The lowest BCUT2D eigenvalue weighted by atomic mass is 9.87. The Hall–Kier alpha value is -1.60. The molecule has 96 valence electrons. The van der Waals surface area contributed by atoms with Crippen LogP contribution in [0.15, 0.2) is 77.9 Å². The summed E-state index contributed by atoms with van der Waals surface area (Å²) >= 11 is 0. The zero-order valence-electron chi connectivity index (χ0n) is 11.6. The third-order valence-electron chi connectivity index (χ3n) is 4.60. The van der Waals surface area contributed by atoms with E-state index in [9.17, 15) is 0 Å². The second-order valence-corrected chi connectivity index (χ2v) is 7.98. The zero-order chi connectivity index (χ0) is 13.3. The highest BCUT2D eigenvalue weighted by Gasteiger charge is 2.39. The number of allylic oxidation sites excluding steroid dienone is 8. The fourth-order valence-corrected chi connectivity index (χ4v) is 5.74. The summed E-state index contributed by atoms with van der Waals surface area (Å²) in [6, 6.07) is 11.0. The molecule has 1 atom stereocenters. The van der Waals surface area contributed by atoms with Gasteiger partial charge in [0.25, 0.3) is 0 Å². The van der Waals surface area contributed by atoms with Gasteiger partial charge in [-0.05, 0) is 13.8 Å². The molecule has 1 aromatic carbocycles. The van der Waals surface area contributed by atoms with E-state index in [1.165, 1.54) is 5.57 Å². The van der Waals surface area contributed by atoms with Gasteiger partial charge >= 0.3 is 0 Å². The van der Waals surface area contributed by atoms with Crippen LogP contribution in [-0.2, 0) is 0 Å². The second-order valence-electron chi connectivity index (χ2n) is 5.64. The lowest BCUT2D eigenvalue weighted by Crippen LogP contribution is -2.33. The first-order valence-corrected chi connectivity index (χ1v) is 8.40. The highest BCUT2D eigenvalue weighted by molar-refractivity contribution is 6.58. The molecule has 0 radical (unpaired) electrons. The van der Waals surface area contributed by atoms with Gasteiger partial charge in [0.1, 0.15) is 0 Å². The van der Waals surface area contributed by atoms with E-state index in [2.05, 4.69) is 80.6 Å². The molecule has 19 heavy (non-hydrogen) atoms. The number of benzene rings is 1. The Balaban J connectivity index is 2.01. The Morgan fingerprint density at radius 3 is 2.26 bits per heavy atom. The van der Waals surface area contributed by atoms with Crippen LogP contribution in [0.2, 0.25) is 5.04 Å². The SMILES string of the molecule is CC1=C(C)C([SiH2]c2ccccc2)(C2C=CC=C2)C=C1. The highest BCUT2D eigenvalue weighted by atomic mass is 28.2. The van der Waals surface area contributed by atoms with Crippen molar-refractivity contribution in [3.8, 4) is 0 Å². The number of rotatable bonds is 3. The Morgan fingerprint density at radius 2 is 1.68 bits per heavy atom. The monoisotopic (exact) mass is 264 g/mol. The van der Waals surface area contributed by atoms with Gasteiger partial charge < -0.3 is 0 Å². The fraction of sp³-hybridized carbons (Fsp3) is 0.222. The largest absolute Gasteiger partial charge is 0.0767 e. The number of hydrogen-bond donors (Lipinski definition) is 0. The molecule has 0 aliphatic heterocycles. The van der Waals surface area contributed by atoms with E-state index in [4.69, 9.17) is 0 Å². The van der Waals surface area contributed by atoms with Gasteiger partial charge in [-0.1, -0.05) is 83.1 Å². The molecule has 0 N–H and O–H groups in total. The van der Waals surface area contributed by atoms with E-state index in [-0.39, 0.29) is 5.04 Å². The van der Waals surface area contributed by atoms with E-state index in [0.29, 0.717) is 5.92 Å². The van der Waals surface area contributed by atoms with Crippen molar-refractivity contribution in [2.45, 2.75) is 18.9 Å². The summed E-state index contributed by atoms with van der Waals surface area (Å²) in [5.74, 6) is 0.549. The third-order valence-corrected chi connectivity index (χ3v) is 7.30. The van der Waals surface area contributed by atoms with Gasteiger partial charge in [-0.25, -0.2) is 0 Å². The second kappa shape index (κ2) is 4.82. The molecule has 3 rings (SSSR count). The van der Waals surface area contributed by atoms with E-state index >= 15 is 0 Å². The summed E-state index contributed by atoms with van der Waals surface area (Å²) in [6.45, 7) is 4.57. The van der Waals surface area contributed by atoms with Crippen LogP contribution in [0.4, 0.5) is 0 Å². The summed E-state index contributed by atoms with van der Waals surface area (Å²) in [5, 5.41) is 1.82. The van der Waals surface area contributed by atoms with Gasteiger partial charge in [-0.3, -0.25) is 0 Å². The third kappa shape index (κ3) is 2.08. The molecule has 0 heterocycles. The Labute approximate surface area is 118 Å². The summed E-state index contributed by atoms with van der Waals surface area (Å²) in [6.07, 6.45) is 13.9. The average Bonchev–Trinajstić information content (AvgIpc) is 3.05. The Kier molecular flexibility index (Phi) is 3.15. The molecule has 0 saturated carbocycles. The molecule has 0 saturated heterocycles. The van der Waals surface area contributed by atoms with Crippen LogP contribution in [0.5, 0.6) is 0 Å². The molecule has 0 spiro atoms. The first-order chi connectivity index (χ1) is 9.22. The Morgan fingerprint density at radius 1 is 1.00 bits per heavy atom.